The van der Waals surface area contributed by atoms with Crippen molar-refractivity contribution < 1.29 is 14.3 Å². The first-order chi connectivity index (χ1) is 12.9. The molecule has 0 fully saturated rings. The van der Waals surface area contributed by atoms with Crippen LogP contribution in [-0.2, 0) is 0 Å². The molecule has 7 heteroatoms. The van der Waals surface area contributed by atoms with Crippen molar-refractivity contribution in [2.75, 3.05) is 33.1 Å². The number of carbonyl (C=O) groups is 1. The average Bonchev–Trinajstić information content (AvgIpc) is 2.66. The molecule has 2 aromatic carbocycles. The molecule has 0 aliphatic heterocycles. The number of benzene rings is 2. The number of thiocarbonyl (C=S) groups is 1. The molecule has 0 aromatic heterocycles. The van der Waals surface area contributed by atoms with Gasteiger partial charge in [-0.2, -0.15) is 0 Å². The third-order valence-corrected chi connectivity index (χ3v) is 3.95. The number of methoxy groups -OCH3 is 1. The van der Waals surface area contributed by atoms with Gasteiger partial charge in [-0.25, -0.2) is 0 Å². The Kier molecular flexibility index (Phi) is 7.43. The Hall–Kier alpha value is -2.80. The van der Waals surface area contributed by atoms with E-state index in [1.54, 1.807) is 33.3 Å². The van der Waals surface area contributed by atoms with E-state index in [1.165, 1.54) is 4.90 Å². The summed E-state index contributed by atoms with van der Waals surface area (Å²) in [6.45, 7) is 2.40. The lowest BCUT2D eigenvalue weighted by atomic mass is 10.2. The minimum Gasteiger partial charge on any atom is -0.493 e. The Bertz CT molecular complexity index is 778. The van der Waals surface area contributed by atoms with Crippen LogP contribution in [0.15, 0.2) is 48.5 Å². The molecular weight excluding hydrogens is 362 g/mol. The van der Waals surface area contributed by atoms with E-state index in [1.807, 2.05) is 43.3 Å². The van der Waals surface area contributed by atoms with Gasteiger partial charge in [0, 0.05) is 25.3 Å². The first-order valence-corrected chi connectivity index (χ1v) is 8.96. The first kappa shape index (κ1) is 20.5. The van der Waals surface area contributed by atoms with Crippen molar-refractivity contribution in [1.82, 2.24) is 10.2 Å². The van der Waals surface area contributed by atoms with E-state index >= 15 is 0 Å². The topological polar surface area (TPSA) is 62.8 Å². The highest BCUT2D eigenvalue weighted by atomic mass is 32.1. The second-order valence-corrected chi connectivity index (χ2v) is 6.65. The summed E-state index contributed by atoms with van der Waals surface area (Å²) >= 11 is 5.34. The quantitative estimate of drug-likeness (QED) is 0.712. The highest BCUT2D eigenvalue weighted by Crippen LogP contribution is 2.25. The lowest BCUT2D eigenvalue weighted by Gasteiger charge is -2.18. The van der Waals surface area contributed by atoms with Gasteiger partial charge >= 0.3 is 0 Å². The maximum Gasteiger partial charge on any atom is 0.253 e. The first-order valence-electron chi connectivity index (χ1n) is 8.55. The fourth-order valence-electron chi connectivity index (χ4n) is 2.34. The zero-order valence-electron chi connectivity index (χ0n) is 16.0. The predicted molar refractivity (Wildman–Crippen MR) is 112 cm³/mol. The molecule has 1 unspecified atom stereocenters. The number of para-hydroxylation sites is 2. The van der Waals surface area contributed by atoms with Crippen LogP contribution in [0.2, 0.25) is 0 Å². The van der Waals surface area contributed by atoms with E-state index in [2.05, 4.69) is 10.6 Å². The van der Waals surface area contributed by atoms with E-state index in [0.717, 1.165) is 5.69 Å². The largest absolute Gasteiger partial charge is 0.493 e. The summed E-state index contributed by atoms with van der Waals surface area (Å²) in [5.74, 6) is 1.34. The number of rotatable bonds is 7. The van der Waals surface area contributed by atoms with Crippen molar-refractivity contribution in [2.24, 2.45) is 0 Å². The fourth-order valence-corrected chi connectivity index (χ4v) is 2.66. The maximum absolute atomic E-state index is 11.9. The van der Waals surface area contributed by atoms with Crippen LogP contribution >= 0.6 is 12.2 Å². The lowest BCUT2D eigenvalue weighted by molar-refractivity contribution is 0.0827. The number of carbonyl (C=O) groups excluding carboxylic acids is 1. The van der Waals surface area contributed by atoms with Crippen LogP contribution in [0.3, 0.4) is 0 Å². The minimum atomic E-state index is -0.0376. The Morgan fingerprint density at radius 1 is 1.11 bits per heavy atom. The molecule has 0 saturated carbocycles. The van der Waals surface area contributed by atoms with Gasteiger partial charge in [-0.05, 0) is 55.5 Å². The molecule has 0 spiro atoms. The fraction of sp³-hybridized carbons (Fsp3) is 0.300. The van der Waals surface area contributed by atoms with Gasteiger partial charge in [-0.15, -0.1) is 0 Å². The van der Waals surface area contributed by atoms with Crippen LogP contribution in [0, 0.1) is 0 Å². The molecule has 2 N–H and O–H groups in total. The highest BCUT2D eigenvalue weighted by molar-refractivity contribution is 7.80. The summed E-state index contributed by atoms with van der Waals surface area (Å²) in [4.78, 5) is 13.4. The second kappa shape index (κ2) is 9.78. The number of anilines is 1. The van der Waals surface area contributed by atoms with Gasteiger partial charge in [0.05, 0.1) is 13.2 Å². The predicted octanol–water partition coefficient (Wildman–Crippen LogP) is 3.15. The van der Waals surface area contributed by atoms with Crippen LogP contribution < -0.4 is 20.1 Å². The summed E-state index contributed by atoms with van der Waals surface area (Å²) in [7, 11) is 5.06. The normalized spacial score (nSPS) is 11.3. The van der Waals surface area contributed by atoms with Gasteiger partial charge in [0.1, 0.15) is 6.61 Å². The molecule has 2 rings (SSSR count). The van der Waals surface area contributed by atoms with Gasteiger partial charge in [0.25, 0.3) is 5.91 Å². The van der Waals surface area contributed by atoms with E-state index in [-0.39, 0.29) is 11.9 Å². The standard InChI is InChI=1S/C20H25N3O3S/c1-14(13-26-18-8-6-5-7-17(18)25-4)21-20(27)22-16-11-9-15(10-12-16)19(24)23(2)3/h5-12,14H,13H2,1-4H3,(H2,21,22,27). The van der Waals surface area contributed by atoms with Crippen LogP contribution in [0.5, 0.6) is 11.5 Å². The molecule has 144 valence electrons. The average molecular weight is 388 g/mol. The summed E-state index contributed by atoms with van der Waals surface area (Å²) in [6, 6.07) is 14.7. The van der Waals surface area contributed by atoms with Crippen molar-refractivity contribution in [2.45, 2.75) is 13.0 Å². The summed E-state index contributed by atoms with van der Waals surface area (Å²) < 4.78 is 11.1. The third-order valence-electron chi connectivity index (χ3n) is 3.73. The van der Waals surface area contributed by atoms with Gasteiger partial charge in [0.2, 0.25) is 0 Å². The van der Waals surface area contributed by atoms with Crippen LogP contribution in [0.25, 0.3) is 0 Å². The molecule has 0 saturated heterocycles. The van der Waals surface area contributed by atoms with Crippen LogP contribution in [-0.4, -0.2) is 49.8 Å². The van der Waals surface area contributed by atoms with E-state index < -0.39 is 0 Å². The SMILES string of the molecule is COc1ccccc1OCC(C)NC(=S)Nc1ccc(C(=O)N(C)C)cc1. The van der Waals surface area contributed by atoms with E-state index in [0.29, 0.717) is 28.8 Å². The molecule has 1 amide bonds. The van der Waals surface area contributed by atoms with E-state index in [4.69, 9.17) is 21.7 Å². The van der Waals surface area contributed by atoms with Crippen molar-refractivity contribution in [3.8, 4) is 11.5 Å². The Morgan fingerprint density at radius 3 is 2.33 bits per heavy atom. The van der Waals surface area contributed by atoms with Gasteiger partial charge in [-0.3, -0.25) is 4.79 Å². The number of nitrogens with zero attached hydrogens (tertiary/aromatic N) is 1. The number of ether oxygens (including phenoxy) is 2. The number of hydrogen-bond donors (Lipinski definition) is 2. The summed E-state index contributed by atoms with van der Waals surface area (Å²) in [6.07, 6.45) is 0. The molecule has 27 heavy (non-hydrogen) atoms. The molecule has 1 atom stereocenters. The zero-order valence-corrected chi connectivity index (χ0v) is 16.8. The Labute approximate surface area is 165 Å². The molecule has 0 aliphatic carbocycles. The van der Waals surface area contributed by atoms with Crippen molar-refractivity contribution in [3.05, 3.63) is 54.1 Å². The number of nitrogens with one attached hydrogen (secondary N) is 2. The molecule has 6 nitrogen and oxygen atoms in total. The van der Waals surface area contributed by atoms with Crippen LogP contribution in [0.4, 0.5) is 5.69 Å². The monoisotopic (exact) mass is 387 g/mol. The van der Waals surface area contributed by atoms with Crippen LogP contribution in [0.1, 0.15) is 17.3 Å². The number of hydrogen-bond acceptors (Lipinski definition) is 4. The van der Waals surface area contributed by atoms with Gasteiger partial charge in [0.15, 0.2) is 16.6 Å². The summed E-state index contributed by atoms with van der Waals surface area (Å²) in [5, 5.41) is 6.76. The summed E-state index contributed by atoms with van der Waals surface area (Å²) in [5.41, 5.74) is 1.43. The van der Waals surface area contributed by atoms with Gasteiger partial charge < -0.3 is 25.0 Å². The van der Waals surface area contributed by atoms with Crippen molar-refractivity contribution in [1.29, 1.82) is 0 Å². The van der Waals surface area contributed by atoms with Gasteiger partial charge in [-0.1, -0.05) is 12.1 Å². The highest BCUT2D eigenvalue weighted by Gasteiger charge is 2.10. The lowest BCUT2D eigenvalue weighted by Crippen LogP contribution is -2.39. The molecule has 2 aromatic rings. The van der Waals surface area contributed by atoms with Crippen molar-refractivity contribution in [3.63, 3.8) is 0 Å². The van der Waals surface area contributed by atoms with Crippen molar-refractivity contribution >= 4 is 28.9 Å². The zero-order chi connectivity index (χ0) is 19.8. The Morgan fingerprint density at radius 2 is 1.74 bits per heavy atom. The minimum absolute atomic E-state index is 0.00972. The molecule has 0 bridgehead atoms. The van der Waals surface area contributed by atoms with E-state index in [9.17, 15) is 4.79 Å². The number of amides is 1. The molecule has 0 radical (unpaired) electrons. The Balaban J connectivity index is 1.83. The second-order valence-electron chi connectivity index (χ2n) is 6.24. The molecular formula is C20H25N3O3S. The maximum atomic E-state index is 11.9. The molecule has 0 aliphatic rings. The molecule has 0 heterocycles. The third kappa shape index (κ3) is 6.14. The smallest absolute Gasteiger partial charge is 0.253 e.